The highest BCUT2D eigenvalue weighted by Crippen LogP contribution is 2.12. The number of hydrogen-bond donors (Lipinski definition) is 15. The smallest absolute Gasteiger partial charge is 0.326 e. The number of rotatable bonds is 30. The minimum Gasteiger partial charge on any atom is -0.481 e. The molecule has 26 nitrogen and oxygen atoms in total. The zero-order valence-electron chi connectivity index (χ0n) is 33.4. The lowest BCUT2D eigenvalue weighted by atomic mass is 9.96. The molecule has 0 aliphatic carbocycles. The Morgan fingerprint density at radius 1 is 0.542 bits per heavy atom. The van der Waals surface area contributed by atoms with Gasteiger partial charge in [-0.05, 0) is 50.9 Å². The SMILES string of the molecule is CC[C@H](C)[C@H](NC(=O)[C@H](CCCN=C(N)N)NC(=O)[C@@H](N)CCCN=C(N)N)C(=O)N[C@@H](CC(N)=O)C(=O)N[C@@H](CCCN=C(N)N)C(=O)N[C@@H](CCC(=O)O)C(=O)O. The van der Waals surface area contributed by atoms with Gasteiger partial charge in [0.15, 0.2) is 17.9 Å². The second-order valence-electron chi connectivity index (χ2n) is 13.5. The second-order valence-corrected chi connectivity index (χ2v) is 13.5. The van der Waals surface area contributed by atoms with Gasteiger partial charge in [0.2, 0.25) is 35.4 Å². The zero-order chi connectivity index (χ0) is 45.2. The molecule has 0 saturated carbocycles. The Labute approximate surface area is 340 Å². The third-order valence-electron chi connectivity index (χ3n) is 8.55. The molecule has 23 N–H and O–H groups in total. The molecular weight excluding hydrogens is 780 g/mol. The quantitative estimate of drug-likeness (QED) is 0.0182. The fraction of sp³-hybridized carbons (Fsp3) is 0.667. The highest BCUT2D eigenvalue weighted by Gasteiger charge is 2.35. The van der Waals surface area contributed by atoms with Crippen LogP contribution in [0.1, 0.15) is 78.1 Å². The molecule has 0 aliphatic heterocycles. The van der Waals surface area contributed by atoms with Crippen LogP contribution in [0.15, 0.2) is 15.0 Å². The number of carboxylic acid groups (broad SMARTS) is 2. The highest BCUT2D eigenvalue weighted by molar-refractivity contribution is 5.98. The van der Waals surface area contributed by atoms with E-state index in [9.17, 15) is 43.5 Å². The number of carbonyl (C=O) groups is 8. The lowest BCUT2D eigenvalue weighted by Gasteiger charge is -2.29. The number of guanidine groups is 3. The first-order valence-electron chi connectivity index (χ1n) is 18.8. The van der Waals surface area contributed by atoms with E-state index >= 15 is 0 Å². The Morgan fingerprint density at radius 2 is 0.949 bits per heavy atom. The maximum atomic E-state index is 13.8. The first kappa shape index (κ1) is 52.5. The molecule has 0 bridgehead atoms. The molecule has 7 atom stereocenters. The molecule has 0 rings (SSSR count). The van der Waals surface area contributed by atoms with E-state index in [0.29, 0.717) is 12.8 Å². The van der Waals surface area contributed by atoms with Crippen molar-refractivity contribution in [2.45, 2.75) is 114 Å². The number of primary amides is 1. The number of amides is 6. The Balaban J connectivity index is 6.39. The number of nitrogens with two attached hydrogens (primary N) is 8. The monoisotopic (exact) mass is 842 g/mol. The third-order valence-corrected chi connectivity index (χ3v) is 8.55. The Kier molecular flexibility index (Phi) is 24.9. The van der Waals surface area contributed by atoms with Crippen LogP contribution >= 0.6 is 0 Å². The molecule has 0 radical (unpaired) electrons. The number of aliphatic carboxylic acids is 2. The number of nitrogens with zero attached hydrogens (tertiary/aromatic N) is 3. The van der Waals surface area contributed by atoms with E-state index < -0.39 is 109 Å². The van der Waals surface area contributed by atoms with Crippen LogP contribution in [0.4, 0.5) is 0 Å². The summed E-state index contributed by atoms with van der Waals surface area (Å²) < 4.78 is 0. The standard InChI is InChI=1S/C33H62N16O10/c1-3-16(2)24(49-27(55)19(9-6-14-44-33(40)41)45-25(53)17(34)7-4-12-42-31(36)37)29(57)48-21(15-22(35)50)28(56)46-18(8-5-13-43-32(38)39)26(54)47-20(30(58)59)10-11-23(51)52/h16-21,24H,3-15,34H2,1-2H3,(H2,35,50)(H,45,53)(H,46,56)(H,47,54)(H,48,57)(H,49,55)(H,51,52)(H,58,59)(H4,36,37,42)(H4,38,39,43)(H4,40,41,44)/t16-,17-,18-,19-,20-,21-,24-/m0/s1. The van der Waals surface area contributed by atoms with E-state index in [1.807, 2.05) is 0 Å². The van der Waals surface area contributed by atoms with Crippen molar-refractivity contribution in [3.63, 3.8) is 0 Å². The van der Waals surface area contributed by atoms with Crippen LogP contribution in [0, 0.1) is 5.92 Å². The lowest BCUT2D eigenvalue weighted by Crippen LogP contribution is -2.60. The van der Waals surface area contributed by atoms with E-state index in [0.717, 1.165) is 0 Å². The predicted octanol–water partition coefficient (Wildman–Crippen LogP) is -6.23. The molecule has 0 aromatic carbocycles. The largest absolute Gasteiger partial charge is 0.481 e. The molecule has 0 fully saturated rings. The van der Waals surface area contributed by atoms with Gasteiger partial charge in [0.25, 0.3) is 0 Å². The van der Waals surface area contributed by atoms with Crippen molar-refractivity contribution in [3.05, 3.63) is 0 Å². The van der Waals surface area contributed by atoms with Crippen LogP contribution in [0.5, 0.6) is 0 Å². The molecule has 6 amide bonds. The van der Waals surface area contributed by atoms with Crippen molar-refractivity contribution >= 4 is 65.3 Å². The summed E-state index contributed by atoms with van der Waals surface area (Å²) in [7, 11) is 0. The summed E-state index contributed by atoms with van der Waals surface area (Å²) in [6, 6.07) is -8.52. The lowest BCUT2D eigenvalue weighted by molar-refractivity contribution is -0.143. The summed E-state index contributed by atoms with van der Waals surface area (Å²) in [5, 5.41) is 30.7. The van der Waals surface area contributed by atoms with E-state index in [1.165, 1.54) is 0 Å². The van der Waals surface area contributed by atoms with Gasteiger partial charge in [-0.25, -0.2) is 4.79 Å². The first-order chi connectivity index (χ1) is 27.6. The van der Waals surface area contributed by atoms with Crippen molar-refractivity contribution in [1.82, 2.24) is 26.6 Å². The van der Waals surface area contributed by atoms with Gasteiger partial charge in [0.1, 0.15) is 30.2 Å². The zero-order valence-corrected chi connectivity index (χ0v) is 33.4. The maximum absolute atomic E-state index is 13.8. The van der Waals surface area contributed by atoms with Gasteiger partial charge < -0.3 is 82.7 Å². The second kappa shape index (κ2) is 28.0. The molecule has 334 valence electrons. The average Bonchev–Trinajstić information content (AvgIpc) is 3.14. The number of hydrogen-bond acceptors (Lipinski definition) is 12. The Hall–Kier alpha value is -6.47. The molecular formula is C33H62N16O10. The van der Waals surface area contributed by atoms with Gasteiger partial charge in [-0.1, -0.05) is 20.3 Å². The van der Waals surface area contributed by atoms with Gasteiger partial charge in [-0.15, -0.1) is 0 Å². The van der Waals surface area contributed by atoms with Gasteiger partial charge in [0, 0.05) is 26.1 Å². The summed E-state index contributed by atoms with van der Waals surface area (Å²) in [4.78, 5) is 114. The van der Waals surface area contributed by atoms with Crippen molar-refractivity contribution in [2.75, 3.05) is 19.6 Å². The molecule has 0 unspecified atom stereocenters. The summed E-state index contributed by atoms with van der Waals surface area (Å²) in [6.07, 6.45) is -0.919. The van der Waals surface area contributed by atoms with Crippen LogP contribution in [-0.2, 0) is 38.4 Å². The minimum atomic E-state index is -1.72. The van der Waals surface area contributed by atoms with Crippen molar-refractivity contribution < 1.29 is 48.6 Å². The van der Waals surface area contributed by atoms with Crippen LogP contribution in [0.3, 0.4) is 0 Å². The van der Waals surface area contributed by atoms with Crippen LogP contribution in [0.2, 0.25) is 0 Å². The molecule has 26 heteroatoms. The van der Waals surface area contributed by atoms with E-state index in [1.54, 1.807) is 13.8 Å². The Bertz CT molecular complexity index is 1530. The Morgan fingerprint density at radius 3 is 1.37 bits per heavy atom. The van der Waals surface area contributed by atoms with Crippen LogP contribution in [-0.4, -0.2) is 131 Å². The molecule has 0 saturated heterocycles. The molecule has 0 heterocycles. The van der Waals surface area contributed by atoms with E-state index in [-0.39, 0.29) is 69.6 Å². The third kappa shape index (κ3) is 23.4. The average molecular weight is 843 g/mol. The maximum Gasteiger partial charge on any atom is 0.326 e. The van der Waals surface area contributed by atoms with Crippen LogP contribution < -0.4 is 72.5 Å². The summed E-state index contributed by atoms with van der Waals surface area (Å²) in [5.41, 5.74) is 43.6. The fourth-order valence-corrected chi connectivity index (χ4v) is 5.17. The highest BCUT2D eigenvalue weighted by atomic mass is 16.4. The molecule has 0 spiro atoms. The molecule has 0 aromatic rings. The number of carbonyl (C=O) groups excluding carboxylic acids is 6. The van der Waals surface area contributed by atoms with Crippen molar-refractivity contribution in [3.8, 4) is 0 Å². The van der Waals surface area contributed by atoms with Crippen LogP contribution in [0.25, 0.3) is 0 Å². The predicted molar refractivity (Wildman–Crippen MR) is 215 cm³/mol. The number of aliphatic imine (C=N–C) groups is 3. The molecule has 0 aromatic heterocycles. The van der Waals surface area contributed by atoms with Crippen molar-refractivity contribution in [1.29, 1.82) is 0 Å². The first-order valence-corrected chi connectivity index (χ1v) is 18.8. The van der Waals surface area contributed by atoms with E-state index in [4.69, 9.17) is 51.0 Å². The van der Waals surface area contributed by atoms with E-state index in [2.05, 4.69) is 41.6 Å². The van der Waals surface area contributed by atoms with Crippen molar-refractivity contribution in [2.24, 2.45) is 66.8 Å². The van der Waals surface area contributed by atoms with Gasteiger partial charge >= 0.3 is 11.9 Å². The number of nitrogens with one attached hydrogen (secondary N) is 5. The molecule has 59 heavy (non-hydrogen) atoms. The number of carboxylic acids is 2. The summed E-state index contributed by atoms with van der Waals surface area (Å²) in [5.74, 6) is -9.64. The van der Waals surface area contributed by atoms with Gasteiger partial charge in [0.05, 0.1) is 12.5 Å². The van der Waals surface area contributed by atoms with Gasteiger partial charge in [-0.3, -0.25) is 48.5 Å². The minimum absolute atomic E-state index is 0.00229. The van der Waals surface area contributed by atoms with Gasteiger partial charge in [-0.2, -0.15) is 0 Å². The summed E-state index contributed by atoms with van der Waals surface area (Å²) in [6.45, 7) is 3.62. The fourth-order valence-electron chi connectivity index (χ4n) is 5.17. The molecule has 0 aliphatic rings. The topological polar surface area (TPSA) is 482 Å². The normalized spacial score (nSPS) is 14.2. The summed E-state index contributed by atoms with van der Waals surface area (Å²) >= 11 is 0.